The van der Waals surface area contributed by atoms with Gasteiger partial charge in [0.25, 0.3) is 11.8 Å². The van der Waals surface area contributed by atoms with E-state index in [-0.39, 0.29) is 28.9 Å². The number of anilines is 2. The molecule has 3 heterocycles. The number of pyridine rings is 1. The highest BCUT2D eigenvalue weighted by molar-refractivity contribution is 6.05. The highest BCUT2D eigenvalue weighted by Crippen LogP contribution is 2.40. The molecule has 1 aliphatic heterocycles. The van der Waals surface area contributed by atoms with Crippen molar-refractivity contribution in [2.24, 2.45) is 10.7 Å². The summed E-state index contributed by atoms with van der Waals surface area (Å²) in [5.41, 5.74) is 7.04. The van der Waals surface area contributed by atoms with Crippen LogP contribution in [-0.2, 0) is 10.3 Å². The summed E-state index contributed by atoms with van der Waals surface area (Å²) >= 11 is 0. The summed E-state index contributed by atoms with van der Waals surface area (Å²) in [5, 5.41) is 2.43. The number of halogens is 5. The number of nitrogen functional groups attached to an aromatic ring is 1. The number of aromatic nitrogens is 3. The number of ether oxygens (including phenoxy) is 2. The molecule has 2 aromatic heterocycles. The number of hydrogen-bond acceptors (Lipinski definition) is 9. The SMILES string of the molecule is CC(F)(F)COc1cnc(C(=O)Nc2cccc([C@]3(C)CO[C@@](C)(C(F)(F)F)C(N)=N3)n2)c(N)n1. The fourth-order valence-corrected chi connectivity index (χ4v) is 2.93. The molecule has 0 bridgehead atoms. The van der Waals surface area contributed by atoms with Crippen LogP contribution in [0.2, 0.25) is 0 Å². The van der Waals surface area contributed by atoms with Crippen molar-refractivity contribution in [3.63, 3.8) is 0 Å². The molecular formula is C20H22F5N7O3. The molecule has 5 N–H and O–H groups in total. The number of nitrogens with zero attached hydrogens (tertiary/aromatic N) is 4. The maximum atomic E-state index is 13.3. The van der Waals surface area contributed by atoms with E-state index in [0.717, 1.165) is 13.1 Å². The summed E-state index contributed by atoms with van der Waals surface area (Å²) in [6.45, 7) is 1.48. The van der Waals surface area contributed by atoms with E-state index in [4.69, 9.17) is 20.9 Å². The maximum absolute atomic E-state index is 13.3. The van der Waals surface area contributed by atoms with Crippen molar-refractivity contribution in [2.45, 2.75) is 44.0 Å². The van der Waals surface area contributed by atoms with Gasteiger partial charge in [-0.05, 0) is 26.0 Å². The summed E-state index contributed by atoms with van der Waals surface area (Å²) in [4.78, 5) is 28.3. The van der Waals surface area contributed by atoms with Crippen LogP contribution in [0, 0.1) is 0 Å². The van der Waals surface area contributed by atoms with Crippen LogP contribution < -0.4 is 21.5 Å². The first-order chi connectivity index (χ1) is 16.0. The number of nitrogens with two attached hydrogens (primary N) is 2. The van der Waals surface area contributed by atoms with Gasteiger partial charge in [0.1, 0.15) is 17.2 Å². The molecule has 0 spiro atoms. The number of hydrogen-bond donors (Lipinski definition) is 3. The summed E-state index contributed by atoms with van der Waals surface area (Å²) in [5.74, 6) is -5.38. The molecule has 35 heavy (non-hydrogen) atoms. The van der Waals surface area contributed by atoms with Crippen molar-refractivity contribution >= 4 is 23.4 Å². The zero-order chi connectivity index (χ0) is 26.2. The lowest BCUT2D eigenvalue weighted by molar-refractivity contribution is -0.249. The fraction of sp³-hybridized carbons (Fsp3) is 0.450. The van der Waals surface area contributed by atoms with Gasteiger partial charge in [-0.2, -0.15) is 18.2 Å². The molecule has 0 aromatic carbocycles. The Morgan fingerprint density at radius 2 is 1.89 bits per heavy atom. The van der Waals surface area contributed by atoms with Crippen molar-refractivity contribution in [2.75, 3.05) is 24.3 Å². The van der Waals surface area contributed by atoms with Crippen LogP contribution in [-0.4, -0.2) is 57.6 Å². The van der Waals surface area contributed by atoms with Gasteiger partial charge in [-0.3, -0.25) is 9.79 Å². The molecule has 0 saturated carbocycles. The molecule has 3 rings (SSSR count). The van der Waals surface area contributed by atoms with Crippen molar-refractivity contribution in [3.05, 3.63) is 35.8 Å². The second kappa shape index (κ2) is 8.87. The Hall–Kier alpha value is -3.62. The van der Waals surface area contributed by atoms with Crippen LogP contribution in [0.1, 0.15) is 37.0 Å². The second-order valence-electron chi connectivity index (χ2n) is 8.25. The number of carbonyl (C=O) groups is 1. The lowest BCUT2D eigenvalue weighted by atomic mass is 9.93. The second-order valence-corrected chi connectivity index (χ2v) is 8.25. The Kier molecular flexibility index (Phi) is 6.59. The average Bonchev–Trinajstić information content (AvgIpc) is 2.74. The number of amidine groups is 1. The zero-order valence-electron chi connectivity index (χ0n) is 18.8. The molecule has 2 atom stereocenters. The topological polar surface area (TPSA) is 151 Å². The Labute approximate surface area is 195 Å². The van der Waals surface area contributed by atoms with Crippen LogP contribution in [0.3, 0.4) is 0 Å². The van der Waals surface area contributed by atoms with Crippen LogP contribution >= 0.6 is 0 Å². The molecule has 1 aliphatic rings. The molecule has 190 valence electrons. The number of amides is 1. The van der Waals surface area contributed by atoms with Gasteiger partial charge in [-0.15, -0.1) is 0 Å². The fourth-order valence-electron chi connectivity index (χ4n) is 2.93. The molecule has 2 aromatic rings. The molecule has 15 heteroatoms. The van der Waals surface area contributed by atoms with Gasteiger partial charge in [0.15, 0.2) is 18.1 Å². The van der Waals surface area contributed by atoms with Gasteiger partial charge >= 0.3 is 6.18 Å². The number of alkyl halides is 5. The quantitative estimate of drug-likeness (QED) is 0.509. The number of carbonyl (C=O) groups excluding carboxylic acids is 1. The van der Waals surface area contributed by atoms with Crippen molar-refractivity contribution in [1.29, 1.82) is 0 Å². The minimum Gasteiger partial charge on any atom is -0.470 e. The molecule has 0 saturated heterocycles. The maximum Gasteiger partial charge on any atom is 0.424 e. The van der Waals surface area contributed by atoms with Gasteiger partial charge in [0.05, 0.1) is 18.5 Å². The lowest BCUT2D eigenvalue weighted by Crippen LogP contribution is -2.60. The smallest absolute Gasteiger partial charge is 0.424 e. The summed E-state index contributed by atoms with van der Waals surface area (Å²) < 4.78 is 75.7. The number of nitrogens with one attached hydrogen (secondary N) is 1. The summed E-state index contributed by atoms with van der Waals surface area (Å²) in [7, 11) is 0. The zero-order valence-corrected chi connectivity index (χ0v) is 18.8. The Balaban J connectivity index is 1.79. The lowest BCUT2D eigenvalue weighted by Gasteiger charge is -2.40. The summed E-state index contributed by atoms with van der Waals surface area (Å²) in [6.07, 6.45) is -3.82. The predicted octanol–water partition coefficient (Wildman–Crippen LogP) is 2.66. The molecule has 0 aliphatic carbocycles. The van der Waals surface area contributed by atoms with Crippen LogP contribution in [0.4, 0.5) is 33.6 Å². The third-order valence-corrected chi connectivity index (χ3v) is 5.05. The van der Waals surface area contributed by atoms with E-state index < -0.39 is 48.2 Å². The Morgan fingerprint density at radius 1 is 1.20 bits per heavy atom. The van der Waals surface area contributed by atoms with Crippen molar-refractivity contribution in [3.8, 4) is 5.88 Å². The molecule has 0 unspecified atom stereocenters. The van der Waals surface area contributed by atoms with Gasteiger partial charge in [0.2, 0.25) is 11.5 Å². The molecule has 0 radical (unpaired) electrons. The standard InChI is InChI=1S/C20H22F5N7O3/c1-17(8-35-19(3,16(27)32-17)20(23,24)25)10-5-4-6-11(29-10)30-15(33)13-14(26)31-12(7-28-13)34-9-18(2,21)22/h4-7H,8-9H2,1-3H3,(H2,26,31)(H2,27,32)(H,29,30,33)/t17-,19+/m0/s1. The normalized spacial score (nSPS) is 22.9. The minimum atomic E-state index is -4.77. The average molecular weight is 503 g/mol. The highest BCUT2D eigenvalue weighted by atomic mass is 19.4. The Bertz CT molecular complexity index is 1150. The van der Waals surface area contributed by atoms with E-state index in [1.807, 2.05) is 0 Å². The van der Waals surface area contributed by atoms with Gasteiger partial charge < -0.3 is 26.3 Å². The molecule has 10 nitrogen and oxygen atoms in total. The number of rotatable bonds is 6. The van der Waals surface area contributed by atoms with E-state index >= 15 is 0 Å². The first-order valence-electron chi connectivity index (χ1n) is 10.0. The third-order valence-electron chi connectivity index (χ3n) is 5.05. The summed E-state index contributed by atoms with van der Waals surface area (Å²) in [6, 6.07) is 4.38. The van der Waals surface area contributed by atoms with Crippen LogP contribution in [0.5, 0.6) is 5.88 Å². The highest BCUT2D eigenvalue weighted by Gasteiger charge is 2.59. The van der Waals surface area contributed by atoms with Crippen LogP contribution in [0.15, 0.2) is 29.4 Å². The van der Waals surface area contributed by atoms with Gasteiger partial charge in [0, 0.05) is 6.92 Å². The largest absolute Gasteiger partial charge is 0.470 e. The third kappa shape index (κ3) is 5.55. The van der Waals surface area contributed by atoms with E-state index in [0.29, 0.717) is 6.92 Å². The van der Waals surface area contributed by atoms with Crippen LogP contribution in [0.25, 0.3) is 0 Å². The van der Waals surface area contributed by atoms with E-state index in [1.165, 1.54) is 25.1 Å². The predicted molar refractivity (Wildman–Crippen MR) is 114 cm³/mol. The van der Waals surface area contributed by atoms with E-state index in [2.05, 4.69) is 25.3 Å². The minimum absolute atomic E-state index is 0.00111. The van der Waals surface area contributed by atoms with Gasteiger partial charge in [-0.1, -0.05) is 6.07 Å². The van der Waals surface area contributed by atoms with Crippen molar-refractivity contribution < 1.29 is 36.2 Å². The van der Waals surface area contributed by atoms with Gasteiger partial charge in [-0.25, -0.2) is 18.7 Å². The van der Waals surface area contributed by atoms with E-state index in [1.54, 1.807) is 0 Å². The molecule has 1 amide bonds. The Morgan fingerprint density at radius 3 is 2.46 bits per heavy atom. The first-order valence-corrected chi connectivity index (χ1v) is 10.0. The van der Waals surface area contributed by atoms with E-state index in [9.17, 15) is 26.7 Å². The molecule has 0 fully saturated rings. The monoisotopic (exact) mass is 503 g/mol. The molecular weight excluding hydrogens is 481 g/mol. The van der Waals surface area contributed by atoms with Crippen molar-refractivity contribution in [1.82, 2.24) is 15.0 Å². The first kappa shape index (κ1) is 26.0. The number of aliphatic imine (C=N–C) groups is 1.